The van der Waals surface area contributed by atoms with Gasteiger partial charge in [-0.3, -0.25) is 4.79 Å². The summed E-state index contributed by atoms with van der Waals surface area (Å²) >= 11 is 0. The number of rotatable bonds is 12. The number of hydrogen-bond donors (Lipinski definition) is 13. The number of carbonyl (C=O) groups excluding carboxylic acids is 1. The third-order valence-electron chi connectivity index (χ3n) is 8.57. The van der Waals surface area contributed by atoms with E-state index < -0.39 is 155 Å². The summed E-state index contributed by atoms with van der Waals surface area (Å²) in [6, 6.07) is 0. The number of hydrogen-bond acceptors (Lipinski definition) is 22. The van der Waals surface area contributed by atoms with Crippen LogP contribution in [-0.2, 0) is 42.7 Å². The molecular weight excluding hydrogens is 664 g/mol. The van der Waals surface area contributed by atoms with Crippen LogP contribution in [0.15, 0.2) is 0 Å². The summed E-state index contributed by atoms with van der Waals surface area (Å²) in [5, 5.41) is 135. The molecular formula is C26H44O22. The Morgan fingerprint density at radius 2 is 1.06 bits per heavy atom. The van der Waals surface area contributed by atoms with Gasteiger partial charge in [0.05, 0.1) is 19.8 Å². The molecule has 4 fully saturated rings. The maximum atomic E-state index is 11.3. The predicted molar refractivity (Wildman–Crippen MR) is 143 cm³/mol. The second-order valence-corrected chi connectivity index (χ2v) is 11.8. The summed E-state index contributed by atoms with van der Waals surface area (Å²) in [5.41, 5.74) is 0. The summed E-state index contributed by atoms with van der Waals surface area (Å²) in [4.78, 5) is 11.3. The average Bonchev–Trinajstić information content (AvgIpc) is 3.31. The third-order valence-corrected chi connectivity index (χ3v) is 8.57. The Morgan fingerprint density at radius 3 is 1.56 bits per heavy atom. The minimum atomic E-state index is -2.59. The number of aliphatic hydroxyl groups is 13. The molecule has 0 radical (unpaired) electrons. The zero-order valence-electron chi connectivity index (χ0n) is 25.4. The second-order valence-electron chi connectivity index (χ2n) is 11.8. The van der Waals surface area contributed by atoms with Gasteiger partial charge in [-0.05, 0) is 0 Å². The minimum Gasteiger partial charge on any atom is -0.463 e. The number of carbonyl (C=O) groups is 1. The van der Waals surface area contributed by atoms with E-state index in [-0.39, 0.29) is 0 Å². The van der Waals surface area contributed by atoms with Crippen molar-refractivity contribution in [1.29, 1.82) is 0 Å². The second kappa shape index (κ2) is 16.3. The Hall–Kier alpha value is -1.33. The monoisotopic (exact) mass is 708 g/mol. The van der Waals surface area contributed by atoms with Crippen molar-refractivity contribution < 1.29 is 109 Å². The molecule has 4 aliphatic rings. The van der Waals surface area contributed by atoms with Crippen molar-refractivity contribution in [3.05, 3.63) is 0 Å². The van der Waals surface area contributed by atoms with Crippen molar-refractivity contribution in [2.75, 3.05) is 33.0 Å². The molecule has 0 aromatic rings. The van der Waals surface area contributed by atoms with Gasteiger partial charge < -0.3 is 104 Å². The lowest BCUT2D eigenvalue weighted by Crippen LogP contribution is -2.68. The maximum absolute atomic E-state index is 11.3. The fraction of sp³-hybridized carbons (Fsp3) is 0.962. The molecule has 0 amide bonds. The van der Waals surface area contributed by atoms with Crippen LogP contribution in [0.4, 0.5) is 0 Å². The molecule has 13 N–H and O–H groups in total. The number of aliphatic hydroxyl groups excluding tert-OH is 13. The molecule has 19 atom stereocenters. The highest BCUT2D eigenvalue weighted by Gasteiger charge is 2.60. The summed E-state index contributed by atoms with van der Waals surface area (Å²) in [7, 11) is 0. The summed E-state index contributed by atoms with van der Waals surface area (Å²) in [5.74, 6) is -3.37. The molecule has 0 aromatic heterocycles. The van der Waals surface area contributed by atoms with E-state index in [0.29, 0.717) is 0 Å². The van der Waals surface area contributed by atoms with E-state index in [9.17, 15) is 71.2 Å². The Morgan fingerprint density at radius 1 is 0.583 bits per heavy atom. The Labute approximate surface area is 271 Å². The first-order valence-electron chi connectivity index (χ1n) is 15.0. The lowest BCUT2D eigenvalue weighted by atomic mass is 9.96. The SMILES string of the molecule is CC(=O)OC[C@H]1O[C@@H](O[C@H]2[C@H](O)[C@@H](CO)O[C@H](O[C@]3(CO)O[C@H](CO)[C@@H](O)[C@@H]3O)[C@@H]2O[C@@H]2O[C@H](CO)[C@@H](O)[C@H](O)[C@H]2O)[C@H](O)[C@@H](O)[C@@H]1O. The van der Waals surface area contributed by atoms with Gasteiger partial charge in [0.1, 0.15) is 105 Å². The van der Waals surface area contributed by atoms with E-state index in [2.05, 4.69) is 0 Å². The van der Waals surface area contributed by atoms with E-state index in [4.69, 9.17) is 37.9 Å². The molecule has 0 spiro atoms. The third kappa shape index (κ3) is 7.78. The molecule has 22 nitrogen and oxygen atoms in total. The summed E-state index contributed by atoms with van der Waals surface area (Å²) in [6.07, 6.45) is -33.8. The topological polar surface area (TPSA) is 354 Å². The van der Waals surface area contributed by atoms with Crippen molar-refractivity contribution in [3.63, 3.8) is 0 Å². The van der Waals surface area contributed by atoms with Crippen LogP contribution in [0.3, 0.4) is 0 Å². The molecule has 0 unspecified atom stereocenters. The van der Waals surface area contributed by atoms with Crippen LogP contribution in [0.25, 0.3) is 0 Å². The lowest BCUT2D eigenvalue weighted by Gasteiger charge is -2.50. The van der Waals surface area contributed by atoms with Gasteiger partial charge in [0.2, 0.25) is 5.79 Å². The van der Waals surface area contributed by atoms with Gasteiger partial charge in [-0.2, -0.15) is 0 Å². The van der Waals surface area contributed by atoms with Crippen molar-refractivity contribution in [1.82, 2.24) is 0 Å². The molecule has 0 bridgehead atoms. The smallest absolute Gasteiger partial charge is 0.302 e. The first kappa shape index (κ1) is 39.5. The van der Waals surface area contributed by atoms with Gasteiger partial charge in [-0.25, -0.2) is 0 Å². The standard InChI is InChI=1S/C26H44O22/c1-7(31)41-5-11-13(33)17(37)19(39)24(44-11)45-20-14(34)9(3-28)43-25(48-26(6-30)22(40)15(35)10(4-29)47-26)21(20)46-23-18(38)16(36)12(32)8(2-27)42-23/h8-25,27-30,32-40H,2-6H2,1H3/t8-,9-,10-,11-,12-,13-,14-,15-,16+,17+,18-,19-,20+,21-,22+,23+,24+,25-,26+/m1/s1. The maximum Gasteiger partial charge on any atom is 0.302 e. The Bertz CT molecular complexity index is 1040. The molecule has 4 saturated heterocycles. The predicted octanol–water partition coefficient (Wildman–Crippen LogP) is -9.18. The van der Waals surface area contributed by atoms with Crippen molar-refractivity contribution in [3.8, 4) is 0 Å². The summed E-state index contributed by atoms with van der Waals surface area (Å²) in [6.45, 7) is -3.51. The summed E-state index contributed by atoms with van der Waals surface area (Å²) < 4.78 is 44.1. The largest absolute Gasteiger partial charge is 0.463 e. The van der Waals surface area contributed by atoms with Gasteiger partial charge in [0, 0.05) is 6.92 Å². The highest BCUT2D eigenvalue weighted by molar-refractivity contribution is 5.65. The van der Waals surface area contributed by atoms with Crippen LogP contribution in [0, 0.1) is 0 Å². The van der Waals surface area contributed by atoms with Crippen molar-refractivity contribution in [2.24, 2.45) is 0 Å². The van der Waals surface area contributed by atoms with Gasteiger partial charge in [-0.15, -0.1) is 0 Å². The number of esters is 1. The highest BCUT2D eigenvalue weighted by Crippen LogP contribution is 2.39. The minimum absolute atomic E-state index is 0.630. The van der Waals surface area contributed by atoms with E-state index in [1.54, 1.807) is 0 Å². The van der Waals surface area contributed by atoms with Gasteiger partial charge in [0.25, 0.3) is 0 Å². The molecule has 22 heteroatoms. The lowest BCUT2D eigenvalue weighted by molar-refractivity contribution is -0.421. The van der Waals surface area contributed by atoms with Crippen LogP contribution < -0.4 is 0 Å². The van der Waals surface area contributed by atoms with Gasteiger partial charge >= 0.3 is 5.97 Å². The first-order valence-corrected chi connectivity index (χ1v) is 15.0. The molecule has 0 aliphatic carbocycles. The van der Waals surface area contributed by atoms with E-state index in [1.165, 1.54) is 0 Å². The van der Waals surface area contributed by atoms with Crippen LogP contribution >= 0.6 is 0 Å². The molecule has 0 saturated carbocycles. The number of ether oxygens (including phenoxy) is 8. The zero-order chi connectivity index (χ0) is 35.7. The highest BCUT2D eigenvalue weighted by atomic mass is 16.8. The van der Waals surface area contributed by atoms with Crippen molar-refractivity contribution >= 4 is 5.97 Å². The van der Waals surface area contributed by atoms with E-state index >= 15 is 0 Å². The van der Waals surface area contributed by atoms with Gasteiger partial charge in [-0.1, -0.05) is 0 Å². The fourth-order valence-electron chi connectivity index (χ4n) is 5.76. The van der Waals surface area contributed by atoms with Crippen LogP contribution in [-0.4, -0.2) is 222 Å². The van der Waals surface area contributed by atoms with Crippen LogP contribution in [0.2, 0.25) is 0 Å². The van der Waals surface area contributed by atoms with Gasteiger partial charge in [0.15, 0.2) is 18.9 Å². The van der Waals surface area contributed by atoms with Crippen LogP contribution in [0.1, 0.15) is 6.92 Å². The molecule has 4 aliphatic heterocycles. The normalized spacial score (nSPS) is 50.0. The molecule has 48 heavy (non-hydrogen) atoms. The molecule has 280 valence electrons. The Kier molecular flexibility index (Phi) is 13.4. The van der Waals surface area contributed by atoms with E-state index in [0.717, 1.165) is 6.92 Å². The molecule has 0 aromatic carbocycles. The first-order chi connectivity index (χ1) is 22.6. The molecule has 4 heterocycles. The quantitative estimate of drug-likeness (QED) is 0.0837. The average molecular weight is 709 g/mol. The van der Waals surface area contributed by atoms with Crippen molar-refractivity contribution in [2.45, 2.75) is 123 Å². The Balaban J connectivity index is 1.72. The van der Waals surface area contributed by atoms with Crippen LogP contribution in [0.5, 0.6) is 0 Å². The molecule has 4 rings (SSSR count). The fourth-order valence-corrected chi connectivity index (χ4v) is 5.76. The van der Waals surface area contributed by atoms with E-state index in [1.807, 2.05) is 0 Å². The zero-order valence-corrected chi connectivity index (χ0v) is 25.4.